The van der Waals surface area contributed by atoms with E-state index in [-0.39, 0.29) is 5.91 Å². The van der Waals surface area contributed by atoms with Crippen LogP contribution in [0.25, 0.3) is 10.2 Å². The third-order valence-corrected chi connectivity index (χ3v) is 6.41. The van der Waals surface area contributed by atoms with Crippen molar-refractivity contribution in [2.75, 3.05) is 11.4 Å². The van der Waals surface area contributed by atoms with E-state index in [1.807, 2.05) is 22.9 Å². The molecule has 0 atom stereocenters. The third-order valence-electron chi connectivity index (χ3n) is 4.15. The fraction of sp³-hybridized carbons (Fsp3) is 0.211. The molecule has 8 heteroatoms. The highest BCUT2D eigenvalue weighted by Gasteiger charge is 2.22. The Hall–Kier alpha value is -2.22. The average Bonchev–Trinajstić information content (AvgIpc) is 3.38. The molecule has 0 fully saturated rings. The lowest BCUT2D eigenvalue weighted by Gasteiger charge is -2.19. The molecule has 5 nitrogen and oxygen atoms in total. The number of aryl methyl sites for hydroxylation is 2. The van der Waals surface area contributed by atoms with Gasteiger partial charge in [0.15, 0.2) is 5.13 Å². The van der Waals surface area contributed by atoms with E-state index in [4.69, 9.17) is 16.6 Å². The molecule has 1 amide bonds. The van der Waals surface area contributed by atoms with E-state index in [0.717, 1.165) is 28.3 Å². The Labute approximate surface area is 169 Å². The van der Waals surface area contributed by atoms with Crippen LogP contribution in [0.15, 0.2) is 49.1 Å². The molecular formula is C19H17ClN4OS2. The average molecular weight is 417 g/mol. The molecule has 4 rings (SSSR count). The molecule has 0 saturated heterocycles. The standard InChI is InChI=1S/C19H17ClN4OS2/c1-13-3-4-14-16(11-13)27-19(22-14)24(9-2-8-23-10-7-21-12-23)18(25)15-5-6-17(20)26-15/h3-7,10-12H,2,8-9H2,1H3. The van der Waals surface area contributed by atoms with E-state index in [1.54, 1.807) is 40.9 Å². The molecule has 4 aromatic rings. The lowest BCUT2D eigenvalue weighted by Crippen LogP contribution is -2.31. The maximum Gasteiger partial charge on any atom is 0.270 e. The van der Waals surface area contributed by atoms with Crippen molar-refractivity contribution in [1.82, 2.24) is 14.5 Å². The SMILES string of the molecule is Cc1ccc2nc(N(CCCn3ccnc3)C(=O)c3ccc(Cl)s3)sc2c1. The number of aromatic nitrogens is 3. The van der Waals surface area contributed by atoms with Gasteiger partial charge in [-0.25, -0.2) is 9.97 Å². The van der Waals surface area contributed by atoms with Crippen LogP contribution in [-0.2, 0) is 6.54 Å². The second kappa shape index (κ2) is 7.80. The highest BCUT2D eigenvalue weighted by Crippen LogP contribution is 2.32. The van der Waals surface area contributed by atoms with Crippen LogP contribution in [0.1, 0.15) is 21.7 Å². The monoisotopic (exact) mass is 416 g/mol. The summed E-state index contributed by atoms with van der Waals surface area (Å²) in [6, 6.07) is 9.67. The number of benzene rings is 1. The number of thiophene rings is 1. The minimum Gasteiger partial charge on any atom is -0.337 e. The van der Waals surface area contributed by atoms with Gasteiger partial charge in [-0.1, -0.05) is 29.0 Å². The number of carbonyl (C=O) groups is 1. The van der Waals surface area contributed by atoms with Crippen molar-refractivity contribution in [3.05, 3.63) is 63.8 Å². The number of rotatable bonds is 6. The van der Waals surface area contributed by atoms with Crippen molar-refractivity contribution >= 4 is 55.5 Å². The Morgan fingerprint density at radius 2 is 2.15 bits per heavy atom. The maximum atomic E-state index is 13.1. The van der Waals surface area contributed by atoms with Gasteiger partial charge in [-0.15, -0.1) is 11.3 Å². The normalized spacial score (nSPS) is 11.2. The predicted octanol–water partition coefficient (Wildman–Crippen LogP) is 5.25. The van der Waals surface area contributed by atoms with Crippen molar-refractivity contribution in [2.45, 2.75) is 19.9 Å². The van der Waals surface area contributed by atoms with Gasteiger partial charge < -0.3 is 4.57 Å². The highest BCUT2D eigenvalue weighted by molar-refractivity contribution is 7.22. The number of thiazole rings is 1. The van der Waals surface area contributed by atoms with Gasteiger partial charge in [0.25, 0.3) is 5.91 Å². The van der Waals surface area contributed by atoms with Crippen LogP contribution >= 0.6 is 34.3 Å². The van der Waals surface area contributed by atoms with Crippen molar-refractivity contribution in [3.8, 4) is 0 Å². The van der Waals surface area contributed by atoms with Crippen LogP contribution in [0.5, 0.6) is 0 Å². The number of halogens is 1. The van der Waals surface area contributed by atoms with Gasteiger partial charge >= 0.3 is 0 Å². The Balaban J connectivity index is 1.62. The maximum absolute atomic E-state index is 13.1. The van der Waals surface area contributed by atoms with Gasteiger partial charge in [-0.05, 0) is 43.2 Å². The zero-order valence-corrected chi connectivity index (χ0v) is 17.0. The molecule has 0 saturated carbocycles. The first-order valence-electron chi connectivity index (χ1n) is 8.50. The number of carbonyl (C=O) groups excluding carboxylic acids is 1. The lowest BCUT2D eigenvalue weighted by atomic mass is 10.2. The molecule has 0 unspecified atom stereocenters. The Bertz CT molecular complexity index is 1070. The summed E-state index contributed by atoms with van der Waals surface area (Å²) in [6.07, 6.45) is 6.26. The predicted molar refractivity (Wildman–Crippen MR) is 112 cm³/mol. The van der Waals surface area contributed by atoms with Crippen LogP contribution in [0.2, 0.25) is 4.34 Å². The second-order valence-corrected chi connectivity index (χ2v) is 8.91. The van der Waals surface area contributed by atoms with E-state index in [9.17, 15) is 4.79 Å². The second-order valence-electron chi connectivity index (χ2n) is 6.18. The van der Waals surface area contributed by atoms with Crippen LogP contribution in [0.3, 0.4) is 0 Å². The molecule has 0 bridgehead atoms. The molecule has 0 aliphatic rings. The summed E-state index contributed by atoms with van der Waals surface area (Å²) in [4.78, 5) is 24.3. The molecule has 0 radical (unpaired) electrons. The number of imidazole rings is 1. The molecular weight excluding hydrogens is 400 g/mol. The van der Waals surface area contributed by atoms with E-state index in [0.29, 0.717) is 15.8 Å². The fourth-order valence-electron chi connectivity index (χ4n) is 2.81. The molecule has 0 spiro atoms. The third kappa shape index (κ3) is 4.05. The molecule has 27 heavy (non-hydrogen) atoms. The van der Waals surface area contributed by atoms with Crippen molar-refractivity contribution in [2.24, 2.45) is 0 Å². The number of hydrogen-bond acceptors (Lipinski definition) is 5. The minimum atomic E-state index is -0.0618. The summed E-state index contributed by atoms with van der Waals surface area (Å²) in [5.41, 5.74) is 2.10. The number of nitrogens with zero attached hydrogens (tertiary/aromatic N) is 4. The number of hydrogen-bond donors (Lipinski definition) is 0. The van der Waals surface area contributed by atoms with Crippen molar-refractivity contribution < 1.29 is 4.79 Å². The zero-order valence-electron chi connectivity index (χ0n) is 14.6. The van der Waals surface area contributed by atoms with Gasteiger partial charge in [0.2, 0.25) is 0 Å². The Morgan fingerprint density at radius 1 is 1.26 bits per heavy atom. The molecule has 3 aromatic heterocycles. The number of amides is 1. The Kier molecular flexibility index (Phi) is 5.24. The summed E-state index contributed by atoms with van der Waals surface area (Å²) >= 11 is 8.87. The van der Waals surface area contributed by atoms with E-state index >= 15 is 0 Å². The van der Waals surface area contributed by atoms with E-state index < -0.39 is 0 Å². The summed E-state index contributed by atoms with van der Waals surface area (Å²) < 4.78 is 3.70. The molecule has 1 aromatic carbocycles. The van der Waals surface area contributed by atoms with Crippen LogP contribution in [0, 0.1) is 6.92 Å². The smallest absolute Gasteiger partial charge is 0.270 e. The topological polar surface area (TPSA) is 51.0 Å². The molecule has 0 N–H and O–H groups in total. The summed E-state index contributed by atoms with van der Waals surface area (Å²) in [7, 11) is 0. The summed E-state index contributed by atoms with van der Waals surface area (Å²) in [6.45, 7) is 3.42. The first-order chi connectivity index (χ1) is 13.1. The van der Waals surface area contributed by atoms with Gasteiger partial charge in [-0.3, -0.25) is 9.69 Å². The van der Waals surface area contributed by atoms with Gasteiger partial charge in [-0.2, -0.15) is 0 Å². The van der Waals surface area contributed by atoms with Crippen molar-refractivity contribution in [3.63, 3.8) is 0 Å². The molecule has 0 aliphatic heterocycles. The molecule has 138 valence electrons. The van der Waals surface area contributed by atoms with Crippen LogP contribution < -0.4 is 4.90 Å². The van der Waals surface area contributed by atoms with Gasteiger partial charge in [0.05, 0.1) is 25.8 Å². The highest BCUT2D eigenvalue weighted by atomic mass is 35.5. The van der Waals surface area contributed by atoms with Crippen LogP contribution in [-0.4, -0.2) is 27.0 Å². The van der Waals surface area contributed by atoms with Crippen LogP contribution in [0.4, 0.5) is 5.13 Å². The summed E-state index contributed by atoms with van der Waals surface area (Å²) in [5.74, 6) is -0.0618. The van der Waals surface area contributed by atoms with Crippen molar-refractivity contribution in [1.29, 1.82) is 0 Å². The fourth-order valence-corrected chi connectivity index (χ4v) is 4.89. The number of anilines is 1. The lowest BCUT2D eigenvalue weighted by molar-refractivity contribution is 0.0990. The first-order valence-corrected chi connectivity index (χ1v) is 10.5. The zero-order chi connectivity index (χ0) is 18.8. The molecule has 0 aliphatic carbocycles. The quantitative estimate of drug-likeness (QED) is 0.431. The Morgan fingerprint density at radius 3 is 2.89 bits per heavy atom. The summed E-state index contributed by atoms with van der Waals surface area (Å²) in [5, 5.41) is 0.718. The van der Waals surface area contributed by atoms with E-state index in [2.05, 4.69) is 18.0 Å². The largest absolute Gasteiger partial charge is 0.337 e. The number of fused-ring (bicyclic) bond motifs is 1. The molecule has 3 heterocycles. The van der Waals surface area contributed by atoms with Gasteiger partial charge in [0, 0.05) is 25.5 Å². The first kappa shape index (κ1) is 18.2. The van der Waals surface area contributed by atoms with Gasteiger partial charge in [0.1, 0.15) is 0 Å². The minimum absolute atomic E-state index is 0.0618. The van der Waals surface area contributed by atoms with E-state index in [1.165, 1.54) is 16.9 Å².